The molecular weight excluding hydrogens is 352 g/mol. The molecule has 2 aliphatic heterocycles. The first-order valence-electron chi connectivity index (χ1n) is 9.32. The minimum Gasteiger partial charge on any atom is -0.340 e. The van der Waals surface area contributed by atoms with E-state index in [0.717, 1.165) is 37.2 Å². The van der Waals surface area contributed by atoms with E-state index in [1.807, 2.05) is 34.9 Å². The van der Waals surface area contributed by atoms with Crippen LogP contribution in [0.25, 0.3) is 0 Å². The third-order valence-corrected chi connectivity index (χ3v) is 6.37. The maximum absolute atomic E-state index is 12.6. The summed E-state index contributed by atoms with van der Waals surface area (Å²) >= 11 is 1.83. The smallest absolute Gasteiger partial charge is 0.254 e. The molecule has 0 radical (unpaired) electrons. The number of nitrogens with zero attached hydrogens (tertiary/aromatic N) is 2. The summed E-state index contributed by atoms with van der Waals surface area (Å²) in [5.74, 6) is 0.167. The van der Waals surface area contributed by atoms with Gasteiger partial charge in [-0.15, -0.1) is 0 Å². The highest BCUT2D eigenvalue weighted by Crippen LogP contribution is 2.47. The normalized spacial score (nSPS) is 14.7. The third-order valence-electron chi connectivity index (χ3n) is 5.24. The van der Waals surface area contributed by atoms with Crippen LogP contribution in [0.4, 0.5) is 11.4 Å². The fraction of sp³-hybridized carbons (Fsp3) is 0.174. The highest BCUT2D eigenvalue weighted by molar-refractivity contribution is 7.99. The second-order valence-electron chi connectivity index (χ2n) is 6.93. The average Bonchev–Trinajstić information content (AvgIpc) is 3.03. The Labute approximate surface area is 163 Å². The minimum atomic E-state index is 0.167. The molecule has 0 aromatic heterocycles. The average molecular weight is 372 g/mol. The van der Waals surface area contributed by atoms with E-state index in [2.05, 4.69) is 59.5 Å². The van der Waals surface area contributed by atoms with Gasteiger partial charge in [-0.1, -0.05) is 54.2 Å². The summed E-state index contributed by atoms with van der Waals surface area (Å²) in [4.78, 5) is 19.5. The van der Waals surface area contributed by atoms with E-state index in [1.165, 1.54) is 21.2 Å². The van der Waals surface area contributed by atoms with Crippen LogP contribution in [0, 0.1) is 0 Å². The van der Waals surface area contributed by atoms with Crippen molar-refractivity contribution in [2.24, 2.45) is 0 Å². The molecule has 3 aromatic carbocycles. The van der Waals surface area contributed by atoms with E-state index < -0.39 is 0 Å². The quantitative estimate of drug-likeness (QED) is 0.618. The van der Waals surface area contributed by atoms with Crippen molar-refractivity contribution in [3.05, 3.63) is 83.9 Å². The molecule has 0 saturated heterocycles. The van der Waals surface area contributed by atoms with Crippen LogP contribution in [0.2, 0.25) is 0 Å². The van der Waals surface area contributed by atoms with Gasteiger partial charge < -0.3 is 9.80 Å². The highest BCUT2D eigenvalue weighted by atomic mass is 32.2. The van der Waals surface area contributed by atoms with E-state index in [0.29, 0.717) is 0 Å². The first-order chi connectivity index (χ1) is 13.3. The van der Waals surface area contributed by atoms with E-state index in [-0.39, 0.29) is 5.91 Å². The lowest BCUT2D eigenvalue weighted by Crippen LogP contribution is -2.29. The monoisotopic (exact) mass is 372 g/mol. The number of fused-ring (bicyclic) bond motifs is 3. The van der Waals surface area contributed by atoms with Gasteiger partial charge in [0.2, 0.25) is 0 Å². The maximum atomic E-state index is 12.6. The number of rotatable bonds is 4. The standard InChI is InChI=1S/C23H20N2OS/c26-23-18-9-2-1-8-17(18)16-24(23)14-7-15-25-19-10-3-5-12-21(19)27-22-13-6-4-11-20(22)25/h1-6,8-13H,7,14-16H2. The molecule has 2 heterocycles. The predicted octanol–water partition coefficient (Wildman–Crippen LogP) is 5.34. The molecule has 0 aliphatic carbocycles. The van der Waals surface area contributed by atoms with E-state index in [4.69, 9.17) is 0 Å². The van der Waals surface area contributed by atoms with Gasteiger partial charge in [-0.2, -0.15) is 0 Å². The van der Waals surface area contributed by atoms with Crippen LogP contribution in [-0.2, 0) is 6.54 Å². The Bertz CT molecular complexity index is 971. The van der Waals surface area contributed by atoms with Gasteiger partial charge in [-0.05, 0) is 42.3 Å². The molecule has 134 valence electrons. The molecule has 0 saturated carbocycles. The zero-order valence-electron chi connectivity index (χ0n) is 15.0. The van der Waals surface area contributed by atoms with Gasteiger partial charge >= 0.3 is 0 Å². The Morgan fingerprint density at radius 2 is 1.41 bits per heavy atom. The Morgan fingerprint density at radius 1 is 0.778 bits per heavy atom. The molecule has 0 fully saturated rings. The number of hydrogen-bond donors (Lipinski definition) is 0. The van der Waals surface area contributed by atoms with Gasteiger partial charge in [-0.25, -0.2) is 0 Å². The fourth-order valence-electron chi connectivity index (χ4n) is 3.94. The molecule has 2 aliphatic rings. The second-order valence-corrected chi connectivity index (χ2v) is 8.01. The SMILES string of the molecule is O=C1c2ccccc2CN1CCCN1c2ccccc2Sc2ccccc21. The number of carbonyl (C=O) groups excluding carboxylic acids is 1. The van der Waals surface area contributed by atoms with Crippen LogP contribution in [-0.4, -0.2) is 23.9 Å². The molecule has 4 heteroatoms. The first-order valence-corrected chi connectivity index (χ1v) is 10.1. The lowest BCUT2D eigenvalue weighted by Gasteiger charge is -2.33. The largest absolute Gasteiger partial charge is 0.340 e. The van der Waals surface area contributed by atoms with Crippen molar-refractivity contribution in [2.75, 3.05) is 18.0 Å². The Balaban J connectivity index is 1.33. The summed E-state index contributed by atoms with van der Waals surface area (Å²) in [6, 6.07) is 25.1. The molecule has 3 nitrogen and oxygen atoms in total. The van der Waals surface area contributed by atoms with Crippen LogP contribution in [0.5, 0.6) is 0 Å². The summed E-state index contributed by atoms with van der Waals surface area (Å²) in [6.07, 6.45) is 0.938. The zero-order valence-corrected chi connectivity index (χ0v) is 15.8. The fourth-order valence-corrected chi connectivity index (χ4v) is 5.03. The van der Waals surface area contributed by atoms with E-state index in [1.54, 1.807) is 0 Å². The molecule has 1 amide bonds. The molecule has 5 rings (SSSR count). The number of benzene rings is 3. The summed E-state index contributed by atoms with van der Waals surface area (Å²) in [5.41, 5.74) is 4.53. The van der Waals surface area contributed by atoms with Gasteiger partial charge in [-0.3, -0.25) is 4.79 Å². The minimum absolute atomic E-state index is 0.167. The third kappa shape index (κ3) is 2.90. The molecule has 0 bridgehead atoms. The lowest BCUT2D eigenvalue weighted by atomic mass is 10.1. The van der Waals surface area contributed by atoms with Crippen LogP contribution in [0.15, 0.2) is 82.6 Å². The Hall–Kier alpha value is -2.72. The molecule has 0 N–H and O–H groups in total. The molecule has 0 spiro atoms. The van der Waals surface area contributed by atoms with E-state index >= 15 is 0 Å². The molecular formula is C23H20N2OS. The van der Waals surface area contributed by atoms with Crippen LogP contribution in [0.3, 0.4) is 0 Å². The van der Waals surface area contributed by atoms with Gasteiger partial charge in [0, 0.05) is 35.0 Å². The van der Waals surface area contributed by atoms with Crippen molar-refractivity contribution in [1.82, 2.24) is 4.90 Å². The number of anilines is 2. The lowest BCUT2D eigenvalue weighted by molar-refractivity contribution is 0.0777. The molecule has 27 heavy (non-hydrogen) atoms. The van der Waals surface area contributed by atoms with Crippen LogP contribution >= 0.6 is 11.8 Å². The van der Waals surface area contributed by atoms with Crippen molar-refractivity contribution in [2.45, 2.75) is 22.8 Å². The van der Waals surface area contributed by atoms with Gasteiger partial charge in [0.15, 0.2) is 0 Å². The van der Waals surface area contributed by atoms with Crippen LogP contribution < -0.4 is 4.90 Å². The van der Waals surface area contributed by atoms with Crippen molar-refractivity contribution >= 4 is 29.0 Å². The second kappa shape index (κ2) is 6.78. The predicted molar refractivity (Wildman–Crippen MR) is 110 cm³/mol. The summed E-state index contributed by atoms with van der Waals surface area (Å²) < 4.78 is 0. The van der Waals surface area contributed by atoms with Gasteiger partial charge in [0.25, 0.3) is 5.91 Å². The summed E-state index contributed by atoms with van der Waals surface area (Å²) in [5, 5.41) is 0. The summed E-state index contributed by atoms with van der Waals surface area (Å²) in [6.45, 7) is 2.41. The first kappa shape index (κ1) is 16.5. The number of carbonyl (C=O) groups is 1. The van der Waals surface area contributed by atoms with Crippen LogP contribution in [0.1, 0.15) is 22.3 Å². The topological polar surface area (TPSA) is 23.6 Å². The van der Waals surface area contributed by atoms with Crippen molar-refractivity contribution < 1.29 is 4.79 Å². The zero-order chi connectivity index (χ0) is 18.2. The molecule has 3 aromatic rings. The van der Waals surface area contributed by atoms with Gasteiger partial charge in [0.1, 0.15) is 0 Å². The molecule has 0 atom stereocenters. The molecule has 0 unspecified atom stereocenters. The highest BCUT2D eigenvalue weighted by Gasteiger charge is 2.27. The number of hydrogen-bond acceptors (Lipinski definition) is 3. The maximum Gasteiger partial charge on any atom is 0.254 e. The summed E-state index contributed by atoms with van der Waals surface area (Å²) in [7, 11) is 0. The van der Waals surface area contributed by atoms with E-state index in [9.17, 15) is 4.79 Å². The van der Waals surface area contributed by atoms with Gasteiger partial charge in [0.05, 0.1) is 11.4 Å². The Morgan fingerprint density at radius 3 is 2.11 bits per heavy atom. The van der Waals surface area contributed by atoms with Crippen molar-refractivity contribution in [3.63, 3.8) is 0 Å². The Kier molecular flexibility index (Phi) is 4.13. The van der Waals surface area contributed by atoms with Crippen molar-refractivity contribution in [3.8, 4) is 0 Å². The number of amides is 1. The number of para-hydroxylation sites is 2. The van der Waals surface area contributed by atoms with Crippen molar-refractivity contribution in [1.29, 1.82) is 0 Å².